The number of fused-ring (bicyclic) bond motifs is 1. The Kier molecular flexibility index (Phi) is 3.91. The number of H-pyrrole nitrogens is 1. The molecule has 0 bridgehead atoms. The van der Waals surface area contributed by atoms with Crippen molar-refractivity contribution in [2.45, 2.75) is 32.2 Å². The van der Waals surface area contributed by atoms with Crippen LogP contribution in [-0.4, -0.2) is 16.9 Å². The Morgan fingerprint density at radius 2 is 2.05 bits per heavy atom. The second kappa shape index (κ2) is 5.53. The summed E-state index contributed by atoms with van der Waals surface area (Å²) < 4.78 is 1.93. The molecule has 1 aliphatic carbocycles. The first-order valence-electron chi connectivity index (χ1n) is 6.81. The van der Waals surface area contributed by atoms with Gasteiger partial charge in [0.1, 0.15) is 0 Å². The van der Waals surface area contributed by atoms with Crippen molar-refractivity contribution < 1.29 is 4.79 Å². The minimum absolute atomic E-state index is 0.0181. The SMILES string of the molecule is CC1CCC(NC(=O)c2c[nH]c3cc(Br)c(Br)cc23)C1. The molecule has 2 atom stereocenters. The Morgan fingerprint density at radius 3 is 2.75 bits per heavy atom. The van der Waals surface area contributed by atoms with Crippen LogP contribution in [0.5, 0.6) is 0 Å². The molecule has 1 aromatic carbocycles. The van der Waals surface area contributed by atoms with E-state index in [0.717, 1.165) is 32.7 Å². The summed E-state index contributed by atoms with van der Waals surface area (Å²) in [5, 5.41) is 4.10. The van der Waals surface area contributed by atoms with Crippen molar-refractivity contribution >= 4 is 48.7 Å². The van der Waals surface area contributed by atoms with Crippen LogP contribution in [-0.2, 0) is 0 Å². The molecule has 0 spiro atoms. The zero-order valence-electron chi connectivity index (χ0n) is 11.2. The molecule has 0 radical (unpaired) electrons. The number of nitrogens with one attached hydrogen (secondary N) is 2. The second-order valence-electron chi connectivity index (χ2n) is 5.60. The molecule has 1 heterocycles. The molecule has 1 fully saturated rings. The fraction of sp³-hybridized carbons (Fsp3) is 0.400. The summed E-state index contributed by atoms with van der Waals surface area (Å²) >= 11 is 6.96. The van der Waals surface area contributed by atoms with Gasteiger partial charge in [-0.15, -0.1) is 0 Å². The summed E-state index contributed by atoms with van der Waals surface area (Å²) in [7, 11) is 0. The van der Waals surface area contributed by atoms with Crippen molar-refractivity contribution in [1.82, 2.24) is 10.3 Å². The Hall–Kier alpha value is -0.810. The summed E-state index contributed by atoms with van der Waals surface area (Å²) in [5.74, 6) is 0.734. The number of aromatic nitrogens is 1. The number of hydrogen-bond acceptors (Lipinski definition) is 1. The van der Waals surface area contributed by atoms with Gasteiger partial charge in [0, 0.05) is 32.1 Å². The van der Waals surface area contributed by atoms with Crippen LogP contribution in [0, 0.1) is 5.92 Å². The quantitative estimate of drug-likeness (QED) is 0.760. The normalized spacial score (nSPS) is 22.4. The van der Waals surface area contributed by atoms with Crippen LogP contribution >= 0.6 is 31.9 Å². The zero-order valence-corrected chi connectivity index (χ0v) is 14.3. The van der Waals surface area contributed by atoms with Crippen molar-refractivity contribution in [2.75, 3.05) is 0 Å². The van der Waals surface area contributed by atoms with E-state index in [4.69, 9.17) is 0 Å². The van der Waals surface area contributed by atoms with Gasteiger partial charge in [-0.1, -0.05) is 6.92 Å². The van der Waals surface area contributed by atoms with E-state index < -0.39 is 0 Å². The molecule has 1 saturated carbocycles. The summed E-state index contributed by atoms with van der Waals surface area (Å²) in [6.07, 6.45) is 5.17. The van der Waals surface area contributed by atoms with Crippen LogP contribution in [0.3, 0.4) is 0 Å². The van der Waals surface area contributed by atoms with Gasteiger partial charge in [0.15, 0.2) is 0 Å². The van der Waals surface area contributed by atoms with E-state index in [1.807, 2.05) is 12.1 Å². The molecule has 2 N–H and O–H groups in total. The number of hydrogen-bond donors (Lipinski definition) is 2. The van der Waals surface area contributed by atoms with Crippen LogP contribution in [0.25, 0.3) is 10.9 Å². The lowest BCUT2D eigenvalue weighted by Gasteiger charge is -2.12. The first kappa shape index (κ1) is 14.1. The molecule has 0 aliphatic heterocycles. The van der Waals surface area contributed by atoms with Crippen LogP contribution in [0.15, 0.2) is 27.3 Å². The lowest BCUT2D eigenvalue weighted by Crippen LogP contribution is -2.32. The van der Waals surface area contributed by atoms with Gasteiger partial charge >= 0.3 is 0 Å². The largest absolute Gasteiger partial charge is 0.360 e. The molecule has 1 aliphatic rings. The predicted octanol–water partition coefficient (Wildman–Crippen LogP) is 4.61. The van der Waals surface area contributed by atoms with E-state index in [1.54, 1.807) is 6.20 Å². The predicted molar refractivity (Wildman–Crippen MR) is 88.0 cm³/mol. The third-order valence-electron chi connectivity index (χ3n) is 4.00. The maximum atomic E-state index is 12.4. The summed E-state index contributed by atoms with van der Waals surface area (Å²) in [5.41, 5.74) is 1.68. The Balaban J connectivity index is 1.86. The topological polar surface area (TPSA) is 44.9 Å². The molecule has 2 aromatic rings. The standard InChI is InChI=1S/C15H16Br2N2O/c1-8-2-3-9(4-8)19-15(20)11-7-18-14-6-13(17)12(16)5-10(11)14/h5-9,18H,2-4H2,1H3,(H,19,20). The van der Waals surface area contributed by atoms with Crippen LogP contribution in [0.1, 0.15) is 36.5 Å². The highest BCUT2D eigenvalue weighted by Crippen LogP contribution is 2.30. The highest BCUT2D eigenvalue weighted by Gasteiger charge is 2.24. The number of amides is 1. The van der Waals surface area contributed by atoms with Crippen molar-refractivity contribution in [3.63, 3.8) is 0 Å². The van der Waals surface area contributed by atoms with Crippen molar-refractivity contribution in [3.8, 4) is 0 Å². The molecule has 3 rings (SSSR count). The molecule has 2 unspecified atom stereocenters. The van der Waals surface area contributed by atoms with E-state index in [-0.39, 0.29) is 5.91 Å². The minimum atomic E-state index is 0.0181. The second-order valence-corrected chi connectivity index (χ2v) is 7.31. The highest BCUT2D eigenvalue weighted by molar-refractivity contribution is 9.13. The van der Waals surface area contributed by atoms with Gasteiger partial charge in [0.2, 0.25) is 0 Å². The third-order valence-corrected chi connectivity index (χ3v) is 5.84. The lowest BCUT2D eigenvalue weighted by atomic mass is 10.1. The lowest BCUT2D eigenvalue weighted by molar-refractivity contribution is 0.0939. The van der Waals surface area contributed by atoms with Gasteiger partial charge in [-0.2, -0.15) is 0 Å². The smallest absolute Gasteiger partial charge is 0.253 e. The molecule has 0 saturated heterocycles. The van der Waals surface area contributed by atoms with E-state index in [2.05, 4.69) is 49.1 Å². The van der Waals surface area contributed by atoms with Gasteiger partial charge in [-0.05, 0) is 69.2 Å². The number of benzene rings is 1. The molecule has 1 amide bonds. The maximum absolute atomic E-state index is 12.4. The van der Waals surface area contributed by atoms with Crippen LogP contribution in [0.4, 0.5) is 0 Å². The molecular weight excluding hydrogens is 384 g/mol. The number of carbonyl (C=O) groups excluding carboxylic acids is 1. The third kappa shape index (κ3) is 2.66. The van der Waals surface area contributed by atoms with E-state index in [1.165, 1.54) is 6.42 Å². The average molecular weight is 400 g/mol. The number of aromatic amines is 1. The average Bonchev–Trinajstić information content (AvgIpc) is 2.97. The van der Waals surface area contributed by atoms with Gasteiger partial charge < -0.3 is 10.3 Å². The number of halogens is 2. The van der Waals surface area contributed by atoms with Gasteiger partial charge in [-0.3, -0.25) is 4.79 Å². The summed E-state index contributed by atoms with van der Waals surface area (Å²) in [6.45, 7) is 2.24. The molecular formula is C15H16Br2N2O. The van der Waals surface area contributed by atoms with Crippen molar-refractivity contribution in [3.05, 3.63) is 32.8 Å². The monoisotopic (exact) mass is 398 g/mol. The zero-order chi connectivity index (χ0) is 14.3. The van der Waals surface area contributed by atoms with Crippen molar-refractivity contribution in [1.29, 1.82) is 0 Å². The Labute approximate surface area is 134 Å². The maximum Gasteiger partial charge on any atom is 0.253 e. The number of carbonyl (C=O) groups is 1. The van der Waals surface area contributed by atoms with Gasteiger partial charge in [-0.25, -0.2) is 0 Å². The minimum Gasteiger partial charge on any atom is -0.360 e. The van der Waals surface area contributed by atoms with Crippen LogP contribution < -0.4 is 5.32 Å². The first-order chi connectivity index (χ1) is 9.54. The first-order valence-corrected chi connectivity index (χ1v) is 8.40. The van der Waals surface area contributed by atoms with E-state index in [0.29, 0.717) is 17.5 Å². The molecule has 106 valence electrons. The molecule has 20 heavy (non-hydrogen) atoms. The fourth-order valence-corrected chi connectivity index (χ4v) is 3.59. The molecule has 5 heteroatoms. The fourth-order valence-electron chi connectivity index (χ4n) is 2.91. The number of rotatable bonds is 2. The molecule has 3 nitrogen and oxygen atoms in total. The van der Waals surface area contributed by atoms with E-state index in [9.17, 15) is 4.79 Å². The Morgan fingerprint density at radius 1 is 1.30 bits per heavy atom. The Bertz CT molecular complexity index is 665. The summed E-state index contributed by atoms with van der Waals surface area (Å²) in [6, 6.07) is 4.27. The van der Waals surface area contributed by atoms with E-state index >= 15 is 0 Å². The van der Waals surface area contributed by atoms with Crippen LogP contribution in [0.2, 0.25) is 0 Å². The van der Waals surface area contributed by atoms with Gasteiger partial charge in [0.25, 0.3) is 5.91 Å². The highest BCUT2D eigenvalue weighted by atomic mass is 79.9. The van der Waals surface area contributed by atoms with Gasteiger partial charge in [0.05, 0.1) is 5.56 Å². The molecule has 1 aromatic heterocycles. The summed E-state index contributed by atoms with van der Waals surface area (Å²) in [4.78, 5) is 15.6. The van der Waals surface area contributed by atoms with Crippen molar-refractivity contribution in [2.24, 2.45) is 5.92 Å².